The third-order valence-corrected chi connectivity index (χ3v) is 5.68. The fourth-order valence-corrected chi connectivity index (χ4v) is 3.77. The molecule has 0 fully saturated rings. The van der Waals surface area contributed by atoms with E-state index >= 15 is 0 Å². The van der Waals surface area contributed by atoms with Gasteiger partial charge in [-0.25, -0.2) is 0 Å². The molecule has 0 heterocycles. The fraction of sp³-hybridized carbons (Fsp3) is 0.118. The highest BCUT2D eigenvalue weighted by Crippen LogP contribution is 2.17. The predicted octanol–water partition coefficient (Wildman–Crippen LogP) is 2.85. The molecule has 9 heteroatoms. The van der Waals surface area contributed by atoms with Gasteiger partial charge in [-0.2, -0.15) is 8.42 Å². The van der Waals surface area contributed by atoms with Crippen LogP contribution in [0.2, 0.25) is 0 Å². The molecule has 0 atom stereocenters. The zero-order valence-electron chi connectivity index (χ0n) is 14.1. The van der Waals surface area contributed by atoms with Crippen LogP contribution in [0, 0.1) is 10.1 Å². The van der Waals surface area contributed by atoms with E-state index in [1.54, 1.807) is 12.3 Å². The summed E-state index contributed by atoms with van der Waals surface area (Å²) in [5.41, 5.74) is 0.653. The Hall–Kier alpha value is -2.78. The third kappa shape index (κ3) is 5.36. The Bertz CT molecular complexity index is 976. The molecule has 0 aliphatic carbocycles. The van der Waals surface area contributed by atoms with Crippen LogP contribution in [0.5, 0.6) is 0 Å². The Labute approximate surface area is 155 Å². The van der Waals surface area contributed by atoms with E-state index in [0.29, 0.717) is 4.86 Å². The number of nitrogens with zero attached hydrogens (tertiary/aromatic N) is 3. The molecule has 0 aromatic heterocycles. The van der Waals surface area contributed by atoms with Crippen molar-refractivity contribution in [2.75, 3.05) is 14.1 Å². The molecule has 0 N–H and O–H groups in total. The number of rotatable bonds is 6. The molecule has 0 unspecified atom stereocenters. The molecular weight excluding hydrogens is 374 g/mol. The van der Waals surface area contributed by atoms with Gasteiger partial charge < -0.3 is 4.90 Å². The molecule has 2 aromatic rings. The lowest BCUT2D eigenvalue weighted by Crippen LogP contribution is -2.04. The number of sulfonamides is 1. The van der Waals surface area contributed by atoms with E-state index in [-0.39, 0.29) is 10.6 Å². The van der Waals surface area contributed by atoms with Gasteiger partial charge in [-0.1, -0.05) is 34.1 Å². The minimum atomic E-state index is -3.95. The van der Waals surface area contributed by atoms with E-state index < -0.39 is 14.9 Å². The first-order valence-corrected chi connectivity index (χ1v) is 9.67. The topological polar surface area (TPSA) is 92.9 Å². The van der Waals surface area contributed by atoms with Crippen LogP contribution in [0.25, 0.3) is 0 Å². The fourth-order valence-electron chi connectivity index (χ4n) is 1.87. The molecule has 0 spiro atoms. The van der Waals surface area contributed by atoms with Gasteiger partial charge in [0.2, 0.25) is 0 Å². The second-order valence-electron chi connectivity index (χ2n) is 5.40. The van der Waals surface area contributed by atoms with Crippen molar-refractivity contribution in [3.8, 4) is 0 Å². The zero-order chi connectivity index (χ0) is 19.2. The second kappa shape index (κ2) is 8.54. The van der Waals surface area contributed by atoms with Crippen molar-refractivity contribution < 1.29 is 13.3 Å². The standard InChI is InChI=1S/C17H17N3O4S2/c1-19(2)13-12-17(14-6-4-3-5-7-14)25-18-26(23,24)16-10-8-15(9-11-16)20(21)22/h3-13H,1-2H3/b13-12+. The first kappa shape index (κ1) is 19.5. The van der Waals surface area contributed by atoms with Crippen LogP contribution in [-0.4, -0.2) is 37.2 Å². The number of allylic oxidation sites excluding steroid dienone is 1. The molecule has 0 amide bonds. The van der Waals surface area contributed by atoms with Crippen molar-refractivity contribution in [1.29, 1.82) is 0 Å². The number of nitro benzene ring substituents is 1. The molecule has 0 aliphatic rings. The Morgan fingerprint density at radius 2 is 1.73 bits per heavy atom. The minimum absolute atomic E-state index is 0.0976. The average Bonchev–Trinajstić information content (AvgIpc) is 2.62. The van der Waals surface area contributed by atoms with Crippen molar-refractivity contribution in [2.45, 2.75) is 4.90 Å². The van der Waals surface area contributed by atoms with Crippen LogP contribution < -0.4 is 0 Å². The summed E-state index contributed by atoms with van der Waals surface area (Å²) in [5.74, 6) is 0. The number of nitro groups is 1. The van der Waals surface area contributed by atoms with Gasteiger partial charge in [0.15, 0.2) is 0 Å². The summed E-state index contributed by atoms with van der Waals surface area (Å²) in [4.78, 5) is 12.5. The SMILES string of the molecule is CN(C)/C=C/C(=S=NS(=O)(=O)c1ccc([N+](=O)[O-])cc1)c1ccccc1. The summed E-state index contributed by atoms with van der Waals surface area (Å²) in [6.45, 7) is 0. The predicted molar refractivity (Wildman–Crippen MR) is 103 cm³/mol. The van der Waals surface area contributed by atoms with Gasteiger partial charge >= 0.3 is 0 Å². The van der Waals surface area contributed by atoms with Crippen LogP contribution in [0.1, 0.15) is 5.56 Å². The maximum Gasteiger partial charge on any atom is 0.292 e. The summed E-state index contributed by atoms with van der Waals surface area (Å²) in [7, 11) is -0.236. The van der Waals surface area contributed by atoms with Gasteiger partial charge in [0.05, 0.1) is 14.7 Å². The van der Waals surface area contributed by atoms with Crippen LogP contribution in [0.15, 0.2) is 75.5 Å². The molecule has 26 heavy (non-hydrogen) atoms. The Morgan fingerprint density at radius 3 is 2.27 bits per heavy atom. The van der Waals surface area contributed by atoms with E-state index in [0.717, 1.165) is 28.8 Å². The monoisotopic (exact) mass is 391 g/mol. The molecule has 2 aromatic carbocycles. The molecule has 7 nitrogen and oxygen atoms in total. The van der Waals surface area contributed by atoms with Gasteiger partial charge in [0.25, 0.3) is 15.7 Å². The highest BCUT2D eigenvalue weighted by Gasteiger charge is 2.14. The van der Waals surface area contributed by atoms with E-state index in [1.807, 2.05) is 49.3 Å². The summed E-state index contributed by atoms with van der Waals surface area (Å²) < 4.78 is 28.5. The van der Waals surface area contributed by atoms with E-state index in [2.05, 4.69) is 3.77 Å². The lowest BCUT2D eigenvalue weighted by Gasteiger charge is -2.04. The highest BCUT2D eigenvalue weighted by atomic mass is 32.2. The van der Waals surface area contributed by atoms with Crippen molar-refractivity contribution in [3.63, 3.8) is 0 Å². The summed E-state index contributed by atoms with van der Waals surface area (Å²) in [6, 6.07) is 13.9. The Balaban J connectivity index is 2.46. The zero-order valence-corrected chi connectivity index (χ0v) is 15.8. The summed E-state index contributed by atoms with van der Waals surface area (Å²) in [5, 5.41) is 10.7. The Kier molecular flexibility index (Phi) is 6.42. The van der Waals surface area contributed by atoms with E-state index in [1.165, 1.54) is 12.1 Å². The lowest BCUT2D eigenvalue weighted by atomic mass is 10.1. The molecule has 0 saturated heterocycles. The Morgan fingerprint density at radius 1 is 1.12 bits per heavy atom. The van der Waals surface area contributed by atoms with Crippen LogP contribution >= 0.6 is 0 Å². The normalized spacial score (nSPS) is 11.2. The molecule has 2 rings (SSSR count). The van der Waals surface area contributed by atoms with Gasteiger partial charge in [-0.15, -0.1) is 0 Å². The van der Waals surface area contributed by atoms with Gasteiger partial charge in [0, 0.05) is 26.2 Å². The van der Waals surface area contributed by atoms with Gasteiger partial charge in [-0.3, -0.25) is 10.1 Å². The summed E-state index contributed by atoms with van der Waals surface area (Å²) >= 11 is 0.835. The second-order valence-corrected chi connectivity index (χ2v) is 8.04. The maximum atomic E-state index is 12.4. The van der Waals surface area contributed by atoms with E-state index in [4.69, 9.17) is 0 Å². The molecule has 0 saturated carbocycles. The first-order valence-electron chi connectivity index (χ1n) is 7.45. The minimum Gasteiger partial charge on any atom is -0.383 e. The third-order valence-electron chi connectivity index (χ3n) is 3.16. The molecule has 0 radical (unpaired) electrons. The van der Waals surface area contributed by atoms with Crippen molar-refractivity contribution in [2.24, 2.45) is 3.77 Å². The summed E-state index contributed by atoms with van der Waals surface area (Å²) in [6.07, 6.45) is 3.57. The average molecular weight is 391 g/mol. The van der Waals surface area contributed by atoms with E-state index in [9.17, 15) is 18.5 Å². The smallest absolute Gasteiger partial charge is 0.292 e. The number of non-ortho nitro benzene ring substituents is 1. The van der Waals surface area contributed by atoms with Gasteiger partial charge in [-0.05, 0) is 41.1 Å². The molecule has 0 bridgehead atoms. The van der Waals surface area contributed by atoms with Crippen LogP contribution in [0.4, 0.5) is 5.69 Å². The quantitative estimate of drug-likeness (QED) is 0.248. The first-order chi connectivity index (χ1) is 12.3. The maximum absolute atomic E-state index is 12.4. The molecule has 0 aliphatic heterocycles. The number of hydrogen-bond acceptors (Lipinski definition) is 5. The largest absolute Gasteiger partial charge is 0.383 e. The van der Waals surface area contributed by atoms with Crippen molar-refractivity contribution in [3.05, 3.63) is 82.6 Å². The number of benzene rings is 2. The van der Waals surface area contributed by atoms with Crippen molar-refractivity contribution in [1.82, 2.24) is 4.90 Å². The van der Waals surface area contributed by atoms with Crippen LogP contribution in [0.3, 0.4) is 0 Å². The van der Waals surface area contributed by atoms with Crippen molar-refractivity contribution >= 4 is 31.7 Å². The lowest BCUT2D eigenvalue weighted by molar-refractivity contribution is -0.384. The number of hydrogen-bond donors (Lipinski definition) is 0. The molecular formula is C17H17N3O4S2. The van der Waals surface area contributed by atoms with Crippen LogP contribution in [-0.2, 0) is 21.2 Å². The van der Waals surface area contributed by atoms with Gasteiger partial charge in [0.1, 0.15) is 0 Å². The molecule has 136 valence electrons. The highest BCUT2D eigenvalue weighted by molar-refractivity contribution is 7.95.